The highest BCUT2D eigenvalue weighted by molar-refractivity contribution is 9.13. The topological polar surface area (TPSA) is 56.3 Å². The van der Waals surface area contributed by atoms with Crippen LogP contribution in [0.3, 0.4) is 0 Å². The number of hydrogen-bond acceptors (Lipinski definition) is 2. The molecule has 2 aromatic rings. The number of likely N-dealkylation sites (tertiary alicyclic amines) is 1. The van der Waals surface area contributed by atoms with Gasteiger partial charge < -0.3 is 15.0 Å². The van der Waals surface area contributed by atoms with E-state index < -0.39 is 6.10 Å². The lowest BCUT2D eigenvalue weighted by Crippen LogP contribution is -2.29. The number of halogens is 2. The Morgan fingerprint density at radius 2 is 2.11 bits per heavy atom. The fourth-order valence-electron chi connectivity index (χ4n) is 2.39. The van der Waals surface area contributed by atoms with E-state index in [2.05, 4.69) is 36.8 Å². The van der Waals surface area contributed by atoms with Gasteiger partial charge in [0.25, 0.3) is 5.91 Å². The summed E-state index contributed by atoms with van der Waals surface area (Å²) >= 11 is 6.89. The molecular formula is C13H12Br2N2O2. The Morgan fingerprint density at radius 3 is 2.79 bits per heavy atom. The molecule has 0 radical (unpaired) electrons. The van der Waals surface area contributed by atoms with Crippen molar-refractivity contribution in [2.75, 3.05) is 13.1 Å². The summed E-state index contributed by atoms with van der Waals surface area (Å²) in [7, 11) is 0. The molecule has 0 unspecified atom stereocenters. The fraction of sp³-hybridized carbons (Fsp3) is 0.308. The zero-order valence-electron chi connectivity index (χ0n) is 9.99. The second kappa shape index (κ2) is 4.92. The van der Waals surface area contributed by atoms with Crippen molar-refractivity contribution in [2.45, 2.75) is 12.5 Å². The SMILES string of the molecule is O=C(c1c[nH]c2cc(Br)c(Br)cc12)N1CC[C@@H](O)C1. The quantitative estimate of drug-likeness (QED) is 0.790. The minimum atomic E-state index is -0.393. The third-order valence-corrected chi connectivity index (χ3v) is 5.25. The highest BCUT2D eigenvalue weighted by atomic mass is 79.9. The van der Waals surface area contributed by atoms with Crippen LogP contribution >= 0.6 is 31.9 Å². The number of hydrogen-bond donors (Lipinski definition) is 2. The summed E-state index contributed by atoms with van der Waals surface area (Å²) in [6.07, 6.45) is 2.00. The molecule has 0 bridgehead atoms. The normalized spacial score (nSPS) is 19.3. The van der Waals surface area contributed by atoms with Crippen LogP contribution in [-0.4, -0.2) is 40.1 Å². The number of aromatic amines is 1. The lowest BCUT2D eigenvalue weighted by atomic mass is 10.1. The van der Waals surface area contributed by atoms with Crippen molar-refractivity contribution in [2.24, 2.45) is 0 Å². The highest BCUT2D eigenvalue weighted by Crippen LogP contribution is 2.30. The van der Waals surface area contributed by atoms with Gasteiger partial charge in [-0.15, -0.1) is 0 Å². The minimum Gasteiger partial charge on any atom is -0.391 e. The zero-order chi connectivity index (χ0) is 13.6. The lowest BCUT2D eigenvalue weighted by molar-refractivity contribution is 0.0767. The van der Waals surface area contributed by atoms with E-state index in [4.69, 9.17) is 0 Å². The average Bonchev–Trinajstić information content (AvgIpc) is 2.96. The third-order valence-electron chi connectivity index (χ3n) is 3.40. The molecule has 1 amide bonds. The number of rotatable bonds is 1. The molecule has 1 atom stereocenters. The lowest BCUT2D eigenvalue weighted by Gasteiger charge is -2.14. The maximum absolute atomic E-state index is 12.4. The smallest absolute Gasteiger partial charge is 0.256 e. The van der Waals surface area contributed by atoms with Crippen LogP contribution < -0.4 is 0 Å². The Balaban J connectivity index is 2.01. The molecule has 0 aliphatic carbocycles. The predicted octanol–water partition coefficient (Wildman–Crippen LogP) is 2.90. The largest absolute Gasteiger partial charge is 0.391 e. The molecule has 2 heterocycles. The van der Waals surface area contributed by atoms with Crippen LogP contribution in [0.25, 0.3) is 10.9 Å². The first kappa shape index (κ1) is 13.1. The Labute approximate surface area is 127 Å². The number of carbonyl (C=O) groups excluding carboxylic acids is 1. The maximum atomic E-state index is 12.4. The summed E-state index contributed by atoms with van der Waals surface area (Å²) in [4.78, 5) is 17.2. The molecule has 4 nitrogen and oxygen atoms in total. The van der Waals surface area contributed by atoms with E-state index in [0.29, 0.717) is 25.1 Å². The number of fused-ring (bicyclic) bond motifs is 1. The van der Waals surface area contributed by atoms with Gasteiger partial charge >= 0.3 is 0 Å². The number of nitrogens with one attached hydrogen (secondary N) is 1. The molecule has 1 aliphatic rings. The van der Waals surface area contributed by atoms with Gasteiger partial charge in [-0.05, 0) is 50.4 Å². The monoisotopic (exact) mass is 386 g/mol. The van der Waals surface area contributed by atoms with Crippen LogP contribution in [0.15, 0.2) is 27.3 Å². The molecule has 6 heteroatoms. The number of carbonyl (C=O) groups is 1. The van der Waals surface area contributed by atoms with Crippen molar-refractivity contribution in [1.82, 2.24) is 9.88 Å². The van der Waals surface area contributed by atoms with Gasteiger partial charge in [0, 0.05) is 39.1 Å². The van der Waals surface area contributed by atoms with Gasteiger partial charge in [0.2, 0.25) is 0 Å². The Morgan fingerprint density at radius 1 is 1.37 bits per heavy atom. The Hall–Kier alpha value is -0.850. The van der Waals surface area contributed by atoms with E-state index in [1.807, 2.05) is 12.1 Å². The number of aliphatic hydroxyl groups excluding tert-OH is 1. The third kappa shape index (κ3) is 2.32. The first-order valence-corrected chi connectivity index (χ1v) is 7.58. The molecule has 1 fully saturated rings. The number of β-amino-alcohol motifs (C(OH)–C–C–N with tert-alkyl or cyclic N) is 1. The summed E-state index contributed by atoms with van der Waals surface area (Å²) in [5, 5.41) is 10.4. The summed E-state index contributed by atoms with van der Waals surface area (Å²) in [5.74, 6) is -0.0305. The molecular weight excluding hydrogens is 376 g/mol. The number of amides is 1. The van der Waals surface area contributed by atoms with Crippen molar-refractivity contribution in [3.8, 4) is 0 Å². The van der Waals surface area contributed by atoms with E-state index >= 15 is 0 Å². The molecule has 2 N–H and O–H groups in total. The Kier molecular flexibility index (Phi) is 3.41. The highest BCUT2D eigenvalue weighted by Gasteiger charge is 2.27. The van der Waals surface area contributed by atoms with Gasteiger partial charge in [0.15, 0.2) is 0 Å². The Bertz CT molecular complexity index is 653. The van der Waals surface area contributed by atoms with E-state index in [-0.39, 0.29) is 5.91 Å². The first-order valence-electron chi connectivity index (χ1n) is 5.99. The second-order valence-electron chi connectivity index (χ2n) is 4.71. The maximum Gasteiger partial charge on any atom is 0.256 e. The first-order chi connectivity index (χ1) is 9.06. The molecule has 1 aliphatic heterocycles. The van der Waals surface area contributed by atoms with Crippen LogP contribution in [0, 0.1) is 0 Å². The van der Waals surface area contributed by atoms with Crippen molar-refractivity contribution in [3.63, 3.8) is 0 Å². The molecule has 1 aromatic carbocycles. The van der Waals surface area contributed by atoms with Gasteiger partial charge in [-0.1, -0.05) is 0 Å². The summed E-state index contributed by atoms with van der Waals surface area (Å²) in [6, 6.07) is 3.87. The van der Waals surface area contributed by atoms with E-state index in [0.717, 1.165) is 19.8 Å². The second-order valence-corrected chi connectivity index (χ2v) is 6.42. The van der Waals surface area contributed by atoms with Gasteiger partial charge in [0.1, 0.15) is 0 Å². The zero-order valence-corrected chi connectivity index (χ0v) is 13.2. The predicted molar refractivity (Wildman–Crippen MR) is 80.2 cm³/mol. The van der Waals surface area contributed by atoms with Crippen molar-refractivity contribution < 1.29 is 9.90 Å². The van der Waals surface area contributed by atoms with Crippen LogP contribution in [0.2, 0.25) is 0 Å². The fourth-order valence-corrected chi connectivity index (χ4v) is 3.08. The van der Waals surface area contributed by atoms with E-state index in [9.17, 15) is 9.90 Å². The molecule has 1 saturated heterocycles. The van der Waals surface area contributed by atoms with Gasteiger partial charge in [0.05, 0.1) is 11.7 Å². The number of H-pyrrole nitrogens is 1. The van der Waals surface area contributed by atoms with Gasteiger partial charge in [-0.3, -0.25) is 4.79 Å². The summed E-state index contributed by atoms with van der Waals surface area (Å²) < 4.78 is 1.85. The number of aliphatic hydroxyl groups is 1. The van der Waals surface area contributed by atoms with Gasteiger partial charge in [-0.2, -0.15) is 0 Å². The van der Waals surface area contributed by atoms with Crippen LogP contribution in [0.5, 0.6) is 0 Å². The molecule has 0 spiro atoms. The van der Waals surface area contributed by atoms with E-state index in [1.165, 1.54) is 0 Å². The van der Waals surface area contributed by atoms with Crippen LogP contribution in [-0.2, 0) is 0 Å². The summed E-state index contributed by atoms with van der Waals surface area (Å²) in [6.45, 7) is 1.04. The van der Waals surface area contributed by atoms with Crippen LogP contribution in [0.1, 0.15) is 16.8 Å². The average molecular weight is 388 g/mol. The van der Waals surface area contributed by atoms with Crippen molar-refractivity contribution in [1.29, 1.82) is 0 Å². The van der Waals surface area contributed by atoms with Crippen molar-refractivity contribution >= 4 is 48.7 Å². The molecule has 19 heavy (non-hydrogen) atoms. The number of benzene rings is 1. The molecule has 0 saturated carbocycles. The molecule has 100 valence electrons. The minimum absolute atomic E-state index is 0.0305. The summed E-state index contributed by atoms with van der Waals surface area (Å²) in [5.41, 5.74) is 1.57. The van der Waals surface area contributed by atoms with Crippen molar-refractivity contribution in [3.05, 3.63) is 32.8 Å². The van der Waals surface area contributed by atoms with Gasteiger partial charge in [-0.25, -0.2) is 0 Å². The number of aromatic nitrogens is 1. The molecule has 1 aromatic heterocycles. The number of nitrogens with zero attached hydrogens (tertiary/aromatic N) is 1. The van der Waals surface area contributed by atoms with Crippen LogP contribution in [0.4, 0.5) is 0 Å². The standard InChI is InChI=1S/C13H12Br2N2O2/c14-10-3-8-9(5-16-12(8)4-11(10)15)13(19)17-2-1-7(18)6-17/h3-5,7,16,18H,1-2,6H2/t7-/m1/s1. The molecule has 3 rings (SSSR count). The van der Waals surface area contributed by atoms with E-state index in [1.54, 1.807) is 11.1 Å².